The highest BCUT2D eigenvalue weighted by atomic mass is 35.7. The highest BCUT2D eigenvalue weighted by Crippen LogP contribution is 2.57. The van der Waals surface area contributed by atoms with Gasteiger partial charge < -0.3 is 0 Å². The highest BCUT2D eigenvalue weighted by Gasteiger charge is 2.87. The maximum absolute atomic E-state index is 13.7. The molecule has 0 unspecified atom stereocenters. The van der Waals surface area contributed by atoms with E-state index >= 15 is 0 Å². The van der Waals surface area contributed by atoms with Crippen LogP contribution in [0.2, 0.25) is 0 Å². The van der Waals surface area contributed by atoms with Crippen molar-refractivity contribution in [2.45, 2.75) is 27.2 Å². The molecule has 4 nitrogen and oxygen atoms in total. The molecule has 0 fully saturated rings. The van der Waals surface area contributed by atoms with Gasteiger partial charge in [-0.25, -0.2) is 25.6 Å². The Morgan fingerprint density at radius 1 is 0.741 bits per heavy atom. The Balaban J connectivity index is 3.74. The molecule has 1 aromatic rings. The maximum atomic E-state index is 13.7. The molecule has 0 aliphatic heterocycles. The second kappa shape index (κ2) is 6.37. The van der Waals surface area contributed by atoms with E-state index in [1.54, 1.807) is 0 Å². The fraction of sp³-hybridized carbons (Fsp3) is 0.400. The van der Waals surface area contributed by atoms with Crippen LogP contribution in [0.1, 0.15) is 0 Å². The van der Waals surface area contributed by atoms with Crippen molar-refractivity contribution in [3.8, 4) is 0 Å². The summed E-state index contributed by atoms with van der Waals surface area (Å²) in [7, 11) is -10.3. The van der Waals surface area contributed by atoms with Gasteiger partial charge in [0.1, 0.15) is 16.5 Å². The molecule has 0 bridgehead atoms. The molecule has 17 heteroatoms. The summed E-state index contributed by atoms with van der Waals surface area (Å²) < 4.78 is 177. The van der Waals surface area contributed by atoms with Crippen molar-refractivity contribution in [1.29, 1.82) is 0 Å². The lowest BCUT2D eigenvalue weighted by Gasteiger charge is -2.34. The number of halogens is 11. The Bertz CT molecular complexity index is 958. The van der Waals surface area contributed by atoms with Crippen LogP contribution < -0.4 is 0 Å². The number of hydrogen-bond donors (Lipinski definition) is 0. The molecule has 0 amide bonds. The van der Waals surface area contributed by atoms with E-state index in [0.717, 1.165) is 0 Å². The first-order chi connectivity index (χ1) is 11.7. The first-order valence-corrected chi connectivity index (χ1v) is 9.60. The minimum atomic E-state index is -7.62. The monoisotopic (exact) mass is 476 g/mol. The molecule has 0 heterocycles. The molecule has 0 aliphatic rings. The molecule has 1 aromatic carbocycles. The van der Waals surface area contributed by atoms with Gasteiger partial charge >= 0.3 is 31.4 Å². The average molecular weight is 477 g/mol. The second-order valence-electron chi connectivity index (χ2n) is 4.70. The number of hydrogen-bond acceptors (Lipinski definition) is 4. The van der Waals surface area contributed by atoms with Crippen molar-refractivity contribution in [3.05, 3.63) is 29.8 Å². The van der Waals surface area contributed by atoms with E-state index in [9.17, 15) is 60.7 Å². The summed E-state index contributed by atoms with van der Waals surface area (Å²) in [4.78, 5) is -2.44. The van der Waals surface area contributed by atoms with Crippen LogP contribution in [0, 0.1) is 11.6 Å². The largest absolute Gasteiger partial charge is 0.427 e. The van der Waals surface area contributed by atoms with Crippen LogP contribution >= 0.6 is 10.7 Å². The molecule has 0 spiro atoms. The van der Waals surface area contributed by atoms with E-state index in [1.807, 2.05) is 0 Å². The molecule has 0 N–H and O–H groups in total. The van der Waals surface area contributed by atoms with Crippen molar-refractivity contribution in [3.63, 3.8) is 0 Å². The van der Waals surface area contributed by atoms with Crippen molar-refractivity contribution >= 4 is 29.6 Å². The number of alkyl halides is 8. The quantitative estimate of drug-likeness (QED) is 0.356. The molecule has 0 saturated carbocycles. The van der Waals surface area contributed by atoms with Crippen molar-refractivity contribution in [2.24, 2.45) is 0 Å². The predicted octanol–water partition coefficient (Wildman–Crippen LogP) is 3.76. The molecule has 156 valence electrons. The lowest BCUT2D eigenvalue weighted by Crippen LogP contribution is -2.65. The van der Waals surface area contributed by atoms with E-state index in [2.05, 4.69) is 10.7 Å². The van der Waals surface area contributed by atoms with Gasteiger partial charge in [0.2, 0.25) is 0 Å². The minimum absolute atomic E-state index is 0.0415. The van der Waals surface area contributed by atoms with E-state index in [-0.39, 0.29) is 12.1 Å². The molecule has 0 radical (unpaired) electrons. The van der Waals surface area contributed by atoms with Gasteiger partial charge in [0.25, 0.3) is 9.84 Å². The zero-order valence-electron chi connectivity index (χ0n) is 11.8. The van der Waals surface area contributed by atoms with Crippen molar-refractivity contribution in [2.75, 3.05) is 0 Å². The maximum Gasteiger partial charge on any atom is 0.427 e. The van der Waals surface area contributed by atoms with Crippen molar-refractivity contribution < 1.29 is 60.7 Å². The summed E-state index contributed by atoms with van der Waals surface area (Å²) in [6.45, 7) is 0. The zero-order valence-corrected chi connectivity index (χ0v) is 14.2. The Labute approximate surface area is 148 Å². The number of sulfone groups is 1. The second-order valence-corrected chi connectivity index (χ2v) is 9.27. The van der Waals surface area contributed by atoms with Gasteiger partial charge in [0, 0.05) is 16.7 Å². The van der Waals surface area contributed by atoms with Gasteiger partial charge in [-0.2, -0.15) is 35.1 Å². The van der Waals surface area contributed by atoms with Crippen molar-refractivity contribution in [1.82, 2.24) is 0 Å². The lowest BCUT2D eigenvalue weighted by atomic mass is 10.2. The Hall–Kier alpha value is -1.29. The van der Waals surface area contributed by atoms with Crippen LogP contribution in [0.15, 0.2) is 23.1 Å². The Morgan fingerprint density at radius 2 is 1.15 bits per heavy atom. The van der Waals surface area contributed by atoms with Gasteiger partial charge in [-0.05, 0) is 12.1 Å². The van der Waals surface area contributed by atoms with Crippen LogP contribution in [-0.4, -0.2) is 39.2 Å². The third-order valence-electron chi connectivity index (χ3n) is 2.95. The standard InChI is InChI=1S/C10H3ClF10O4S2/c11-27(24,25)10(20,21)8(16,17)7(14,15)9(18,19)26(22,23)6-2-1-4(12)3-5(6)13/h1-3H. The summed E-state index contributed by atoms with van der Waals surface area (Å²) >= 11 is 0. The van der Waals surface area contributed by atoms with E-state index in [0.29, 0.717) is 0 Å². The van der Waals surface area contributed by atoms with Crippen LogP contribution in [0.5, 0.6) is 0 Å². The van der Waals surface area contributed by atoms with E-state index in [4.69, 9.17) is 0 Å². The molecule has 0 saturated heterocycles. The summed E-state index contributed by atoms with van der Waals surface area (Å²) in [5, 5.41) is -14.3. The van der Waals surface area contributed by atoms with Gasteiger partial charge in [-0.1, -0.05) is 0 Å². The smallest absolute Gasteiger partial charge is 0.217 e. The SMILES string of the molecule is O=S(=O)(Cl)C(F)(F)C(F)(F)C(F)(F)C(F)(F)S(=O)(=O)c1ccc(F)cc1F. The molecule has 1 rings (SSSR count). The predicted molar refractivity (Wildman–Crippen MR) is 68.1 cm³/mol. The zero-order chi connectivity index (χ0) is 21.9. The number of benzene rings is 1. The van der Waals surface area contributed by atoms with Gasteiger partial charge in [0.05, 0.1) is 0 Å². The van der Waals surface area contributed by atoms with Gasteiger partial charge in [0.15, 0.2) is 0 Å². The van der Waals surface area contributed by atoms with Crippen LogP contribution in [0.3, 0.4) is 0 Å². The highest BCUT2D eigenvalue weighted by molar-refractivity contribution is 8.14. The van der Waals surface area contributed by atoms with Gasteiger partial charge in [-0.3, -0.25) is 0 Å². The van der Waals surface area contributed by atoms with Gasteiger partial charge in [-0.15, -0.1) is 0 Å². The summed E-state index contributed by atoms with van der Waals surface area (Å²) in [6.07, 6.45) is 0. The Morgan fingerprint density at radius 3 is 1.52 bits per heavy atom. The molecule has 0 aliphatic carbocycles. The molecular weight excluding hydrogens is 474 g/mol. The molecule has 0 aromatic heterocycles. The molecular formula is C10H3ClF10O4S2. The topological polar surface area (TPSA) is 68.3 Å². The third-order valence-corrected chi connectivity index (χ3v) is 6.24. The van der Waals surface area contributed by atoms with Crippen LogP contribution in [0.25, 0.3) is 0 Å². The summed E-state index contributed by atoms with van der Waals surface area (Å²) in [5.41, 5.74) is 0. The summed E-state index contributed by atoms with van der Waals surface area (Å²) in [6, 6.07) is -0.810. The van der Waals surface area contributed by atoms with E-state index < -0.39 is 63.8 Å². The summed E-state index contributed by atoms with van der Waals surface area (Å²) in [5.74, 6) is -19.2. The fourth-order valence-electron chi connectivity index (χ4n) is 1.52. The lowest BCUT2D eigenvalue weighted by molar-refractivity contribution is -0.325. The minimum Gasteiger partial charge on any atom is -0.217 e. The van der Waals surface area contributed by atoms with E-state index in [1.165, 1.54) is 0 Å². The fourth-order valence-corrected chi connectivity index (χ4v) is 3.55. The molecule has 0 atom stereocenters. The first kappa shape index (κ1) is 23.7. The number of rotatable bonds is 6. The van der Waals surface area contributed by atoms with Crippen LogP contribution in [-0.2, 0) is 18.9 Å². The molecule has 27 heavy (non-hydrogen) atoms. The van der Waals surface area contributed by atoms with Crippen LogP contribution in [0.4, 0.5) is 43.9 Å². The Kier molecular flexibility index (Phi) is 5.60. The third kappa shape index (κ3) is 3.24. The first-order valence-electron chi connectivity index (χ1n) is 5.81. The normalized spacial score (nSPS) is 15.1. The average Bonchev–Trinajstić information content (AvgIpc) is 2.44.